The number of nitrogens with zero attached hydrogens (tertiary/aromatic N) is 23. The average Bonchev–Trinajstić information content (AvgIpc) is 1.30. The normalized spacial score (nSPS) is 15.4. The van der Waals surface area contributed by atoms with Crippen molar-refractivity contribution in [3.8, 4) is 17.3 Å². The van der Waals surface area contributed by atoms with Crippen LogP contribution in [0.25, 0.3) is 44.4 Å². The second kappa shape index (κ2) is 51.7. The average molecular weight is 2140 g/mol. The highest BCUT2D eigenvalue weighted by Gasteiger charge is 2.33. The van der Waals surface area contributed by atoms with E-state index in [0.29, 0.717) is 58.8 Å². The van der Waals surface area contributed by atoms with Gasteiger partial charge in [0.05, 0.1) is 107 Å². The molecule has 0 unspecified atom stereocenters. The van der Waals surface area contributed by atoms with Crippen LogP contribution in [0.4, 0.5) is 86.5 Å². The number of carbonyl (C=O) groups excluding carboxylic acids is 3. The molecule has 6 saturated heterocycles. The topological polar surface area (TPSA) is 297 Å². The number of nitrogens with one attached hydrogen (secondary N) is 4. The Morgan fingerprint density at radius 1 is 0.407 bits per heavy atom. The van der Waals surface area contributed by atoms with Crippen molar-refractivity contribution in [3.63, 3.8) is 0 Å². The van der Waals surface area contributed by atoms with Gasteiger partial charge in [-0.25, -0.2) is 50.9 Å². The number of piperazine rings is 1. The van der Waals surface area contributed by atoms with Crippen LogP contribution >= 0.6 is 27.3 Å². The second-order valence-electron chi connectivity index (χ2n) is 41.6. The number of rotatable bonds is 19. The molecule has 6 fully saturated rings. The summed E-state index contributed by atoms with van der Waals surface area (Å²) in [6.45, 7) is 43.9. The first-order chi connectivity index (χ1) is 73.7. The van der Waals surface area contributed by atoms with Gasteiger partial charge >= 0.3 is 18.3 Å². The zero-order valence-corrected chi connectivity index (χ0v) is 94.4. The number of aromatic nitrogens is 13. The largest absolute Gasteiger partial charge is 0.443 e. The highest BCUT2D eigenvalue weighted by Crippen LogP contribution is 2.42. The lowest BCUT2D eigenvalue weighted by Crippen LogP contribution is -2.43. The molecule has 0 bridgehead atoms. The van der Waals surface area contributed by atoms with E-state index in [1.54, 1.807) is 60.8 Å². The van der Waals surface area contributed by atoms with Crippen molar-refractivity contribution in [1.29, 1.82) is 5.26 Å². The van der Waals surface area contributed by atoms with E-state index >= 15 is 0 Å². The highest BCUT2D eigenvalue weighted by molar-refractivity contribution is 9.10. The van der Waals surface area contributed by atoms with Crippen LogP contribution in [-0.2, 0) is 52.7 Å². The van der Waals surface area contributed by atoms with Crippen LogP contribution in [0.2, 0.25) is 0 Å². The summed E-state index contributed by atoms with van der Waals surface area (Å²) < 4.78 is 74.8. The highest BCUT2D eigenvalue weighted by atomic mass is 79.9. The molecule has 3 amide bonds. The number of piperidine rings is 5. The summed E-state index contributed by atoms with van der Waals surface area (Å²) in [6, 6.07) is 32.4. The summed E-state index contributed by atoms with van der Waals surface area (Å²) in [5.74, 6) is -0.329. The van der Waals surface area contributed by atoms with Crippen LogP contribution in [0.3, 0.4) is 0 Å². The number of ether oxygens (including phenoxy) is 3. The smallest absolute Gasteiger partial charge is 0.414 e. The van der Waals surface area contributed by atoms with E-state index in [1.807, 2.05) is 169 Å². The number of thiazole rings is 1. The summed E-state index contributed by atoms with van der Waals surface area (Å²) >= 11 is 4.75. The zero-order valence-electron chi connectivity index (χ0n) is 96.0. The molecule has 6 aliphatic heterocycles. The number of amides is 3. The minimum Gasteiger partial charge on any atom is -0.443 e. The van der Waals surface area contributed by atoms with Gasteiger partial charge in [-0.2, -0.15) is 35.9 Å². The molecule has 6 aliphatic rings. The van der Waals surface area contributed by atoms with Crippen molar-refractivity contribution in [2.75, 3.05) is 189 Å². The van der Waals surface area contributed by atoms with Crippen molar-refractivity contribution < 1.29 is 38.5 Å². The number of hydrogen-bond acceptors (Lipinski definition) is 25. The molecule has 0 aliphatic carbocycles. The van der Waals surface area contributed by atoms with Gasteiger partial charge in [0, 0.05) is 196 Å². The molecule has 0 atom stereocenters. The maximum absolute atomic E-state index is 13.4. The number of fused-ring (bicyclic) bond motifs is 6. The first-order valence-electron chi connectivity index (χ1n) is 55.8. The third-order valence-corrected chi connectivity index (χ3v) is 28.8. The van der Waals surface area contributed by atoms with Crippen LogP contribution in [-0.4, -0.2) is 232 Å². The van der Waals surface area contributed by atoms with E-state index in [4.69, 9.17) is 29.8 Å². The van der Waals surface area contributed by atoms with Crippen molar-refractivity contribution in [2.45, 2.75) is 255 Å². The number of hydrogen-bond donors (Lipinski definition) is 4. The van der Waals surface area contributed by atoms with E-state index in [1.165, 1.54) is 136 Å². The SMILES string of the molecule is C1CCNCC1.CCc1nn2ccc(Br)cc2c1N(C)C(=O)OC(C)(C)C.CCc1nn2ccc(N3CCCCC3)cc2c1N(C)C(=O)OC(C)(C)C.[2H]c1cc(N2CCCCC2)cc2c(N(C)C(=O)OC(C)(C)C)c(CC)nn12.[2H]c1cc(N2CCCCC2)cc2c(N(C)c3nc(-c4ccc(F)cc4)c(C#N)s3)c(CC)nn12.[2H]c1cc(N2CCCCC2)cc2c(NC)c(CC)nn12.[2H]c1cc(N2CCNCC2)cc2c(NC)c(CC)nn12. The Balaban J connectivity index is 0.000000145. The standard InChI is InChI=1S/C25H25FN6S.2C20H30N4O2.C15H20BrN3O2.C15H22N4.C14H21N5.C5H11N/c1-3-20-24(21-15-19(11-14-32(21)29-20)31-12-5-4-6-13-31)30(2)25-28-23(22(16-27)33-25)17-7-9-18(26)10-8-17;2*1-6-16-18(22(5)19(25)26-20(2,3)4)17-14-15(10-13-24(17)21-16)23-11-8-7-9-12-23;1-6-11-13(18(5)14(20)21-15(2,3)4)12-9-10(16)7-8-19(12)17-11;1-3-13-15(16-2)14-11-12(7-10-19(14)17-13)18-8-5-4-6-9-18;1-3-12-14(15-2)13-10-11(4-7-19(13)17-12)18-8-5-16-6-9-18;1-2-4-6-5-3-1/h7-11,14-15H,3-6,12-13H2,1-2H3;2*10,13-14H,6-9,11-12H2,1-5H3;7-9H,6H2,1-5H3;7,10-11,16H,3-6,8-9H2,1-2H3;4,7,10,15-16H,3,5-6,8-9H2,1-2H3;6H,1-5H2/i14D;13D;;;10D;7D;. The van der Waals surface area contributed by atoms with E-state index < -0.39 is 22.9 Å². The summed E-state index contributed by atoms with van der Waals surface area (Å²) in [7, 11) is 10.9. The van der Waals surface area contributed by atoms with E-state index in [-0.39, 0.29) is 18.0 Å². The van der Waals surface area contributed by atoms with E-state index in [9.17, 15) is 24.0 Å². The van der Waals surface area contributed by atoms with Gasteiger partial charge in [0.25, 0.3) is 0 Å². The first-order valence-corrected chi connectivity index (χ1v) is 55.4. The van der Waals surface area contributed by atoms with Gasteiger partial charge in [-0.05, 0) is 301 Å². The zero-order chi connectivity index (χ0) is 111. The monoisotopic (exact) mass is 2140 g/mol. The molecule has 806 valence electrons. The van der Waals surface area contributed by atoms with Gasteiger partial charge < -0.3 is 64.9 Å². The molecular weight excluding hydrogens is 1970 g/mol. The molecular formula is C114H159BrFN27O6S. The predicted molar refractivity (Wildman–Crippen MR) is 614 cm³/mol. The predicted octanol–water partition coefficient (Wildman–Crippen LogP) is 23.4. The van der Waals surface area contributed by atoms with E-state index in [2.05, 4.69) is 144 Å². The van der Waals surface area contributed by atoms with Gasteiger partial charge in [-0.1, -0.05) is 75.2 Å². The number of benzene rings is 1. The molecule has 150 heavy (non-hydrogen) atoms. The van der Waals surface area contributed by atoms with Gasteiger partial charge in [0.1, 0.15) is 39.3 Å². The summed E-state index contributed by atoms with van der Waals surface area (Å²) in [6.07, 6.45) is 27.8. The molecule has 13 aromatic heterocycles. The lowest BCUT2D eigenvalue weighted by Gasteiger charge is -2.29. The fraction of sp³-hybridized carbons (Fsp3) is 0.518. The van der Waals surface area contributed by atoms with Crippen molar-refractivity contribution in [1.82, 2.24) is 73.3 Å². The molecule has 19 heterocycles. The fourth-order valence-corrected chi connectivity index (χ4v) is 20.8. The Bertz CT molecular complexity index is 7020. The minimum absolute atomic E-state index is 0.326. The lowest BCUT2D eigenvalue weighted by atomic mass is 10.1. The van der Waals surface area contributed by atoms with Crippen molar-refractivity contribution >= 4 is 146 Å². The molecule has 1 aromatic carbocycles. The number of halogens is 2. The Hall–Kier alpha value is -13.0. The summed E-state index contributed by atoms with van der Waals surface area (Å²) in [4.78, 5) is 61.2. The Labute approximate surface area is 902 Å². The number of pyridine rings is 6. The summed E-state index contributed by atoms with van der Waals surface area (Å²) in [5, 5.41) is 51.0. The van der Waals surface area contributed by atoms with Crippen LogP contribution in [0.5, 0.6) is 0 Å². The molecule has 33 nitrogen and oxygen atoms in total. The number of carbonyl (C=O) groups is 3. The molecule has 14 aromatic rings. The van der Waals surface area contributed by atoms with Gasteiger partial charge in [0.15, 0.2) is 5.13 Å². The molecule has 20 rings (SSSR count). The quantitative estimate of drug-likeness (QED) is 0.0547. The maximum atomic E-state index is 13.4. The third kappa shape index (κ3) is 28.1. The molecule has 4 N–H and O–H groups in total. The number of anilines is 12. The van der Waals surface area contributed by atoms with Crippen LogP contribution in [0.15, 0.2) is 139 Å². The van der Waals surface area contributed by atoms with Gasteiger partial charge in [-0.15, -0.1) is 0 Å². The lowest BCUT2D eigenvalue weighted by molar-refractivity contribution is 0.0578. The Kier molecular flexibility index (Phi) is 36.8. The van der Waals surface area contributed by atoms with Gasteiger partial charge in [0.2, 0.25) is 0 Å². The molecule has 0 spiro atoms. The number of aryl methyl sites for hydroxylation is 6. The van der Waals surface area contributed by atoms with Gasteiger partial charge in [-0.3, -0.25) is 14.7 Å². The first kappa shape index (κ1) is 107. The van der Waals surface area contributed by atoms with Crippen LogP contribution in [0.1, 0.15) is 245 Å². The van der Waals surface area contributed by atoms with Crippen molar-refractivity contribution in [3.05, 3.63) is 183 Å². The maximum Gasteiger partial charge on any atom is 0.414 e. The van der Waals surface area contributed by atoms with Crippen molar-refractivity contribution in [2.24, 2.45) is 0 Å². The third-order valence-electron chi connectivity index (χ3n) is 27.2. The van der Waals surface area contributed by atoms with Crippen LogP contribution in [0, 0.1) is 17.1 Å². The van der Waals surface area contributed by atoms with E-state index in [0.717, 1.165) is 246 Å². The Morgan fingerprint density at radius 2 is 0.707 bits per heavy atom. The number of nitriles is 1. The Morgan fingerprint density at radius 3 is 1.05 bits per heavy atom. The second-order valence-corrected chi connectivity index (χ2v) is 43.5. The fourth-order valence-electron chi connectivity index (χ4n) is 19.6. The molecule has 36 heteroatoms. The van der Waals surface area contributed by atoms with Crippen LogP contribution < -0.4 is 65.4 Å². The summed E-state index contributed by atoms with van der Waals surface area (Å²) in [5.41, 5.74) is 21.3. The minimum atomic E-state index is -0.569. The molecule has 0 saturated carbocycles. The molecule has 0 radical (unpaired) electrons.